The normalized spacial score (nSPS) is 10.9. The van der Waals surface area contributed by atoms with Crippen LogP contribution in [0, 0.1) is 0 Å². The van der Waals surface area contributed by atoms with Gasteiger partial charge in [0, 0.05) is 30.4 Å². The van der Waals surface area contributed by atoms with Crippen molar-refractivity contribution in [1.82, 2.24) is 18.9 Å². The van der Waals surface area contributed by atoms with E-state index in [1.807, 2.05) is 37.3 Å². The molecule has 0 saturated carbocycles. The van der Waals surface area contributed by atoms with Crippen LogP contribution >= 0.6 is 0 Å². The van der Waals surface area contributed by atoms with Gasteiger partial charge in [-0.2, -0.15) is 13.9 Å². The van der Waals surface area contributed by atoms with Crippen LogP contribution in [-0.2, 0) is 19.6 Å². The van der Waals surface area contributed by atoms with E-state index in [-0.39, 0.29) is 30.8 Å². The van der Waals surface area contributed by atoms with Crippen molar-refractivity contribution in [3.63, 3.8) is 0 Å². The van der Waals surface area contributed by atoms with Crippen LogP contribution in [0.3, 0.4) is 0 Å². The van der Waals surface area contributed by atoms with Crippen LogP contribution < -0.4 is 17.0 Å². The summed E-state index contributed by atoms with van der Waals surface area (Å²) < 4.78 is 29.4. The highest BCUT2D eigenvalue weighted by Gasteiger charge is 2.11. The summed E-state index contributed by atoms with van der Waals surface area (Å²) in [5.74, 6) is 0. The van der Waals surface area contributed by atoms with Crippen molar-refractivity contribution in [2.75, 3.05) is 6.54 Å². The number of hydrogen-bond acceptors (Lipinski definition) is 4. The van der Waals surface area contributed by atoms with Gasteiger partial charge in [-0.25, -0.2) is 9.48 Å². The topological polar surface area (TPSA) is 87.8 Å². The van der Waals surface area contributed by atoms with Crippen molar-refractivity contribution < 1.29 is 8.78 Å². The highest BCUT2D eigenvalue weighted by molar-refractivity contribution is 5.62. The van der Waals surface area contributed by atoms with Gasteiger partial charge in [0.1, 0.15) is 6.33 Å². The van der Waals surface area contributed by atoms with Crippen LogP contribution in [0.4, 0.5) is 8.78 Å². The Labute approximate surface area is 165 Å². The Kier molecular flexibility index (Phi) is 6.18. The second kappa shape index (κ2) is 8.78. The standard InChI is InChI=1S/C20H21F2N5O2/c1-2-25-9-3-4-17(19(25)28)15-7-5-14(6-8-15)11-26-13-24-27(20(26)29)12-16(10-23)18(21)22/h3-9,13H,2,10-12,23H2,1H3. The first-order valence-electron chi connectivity index (χ1n) is 9.08. The highest BCUT2D eigenvalue weighted by Crippen LogP contribution is 2.16. The van der Waals surface area contributed by atoms with E-state index in [0.717, 1.165) is 15.8 Å². The van der Waals surface area contributed by atoms with Crippen molar-refractivity contribution in [2.45, 2.75) is 26.6 Å². The molecule has 0 spiro atoms. The fourth-order valence-electron chi connectivity index (χ4n) is 2.96. The van der Waals surface area contributed by atoms with Gasteiger partial charge in [-0.3, -0.25) is 9.36 Å². The van der Waals surface area contributed by atoms with E-state index in [9.17, 15) is 18.4 Å². The summed E-state index contributed by atoms with van der Waals surface area (Å²) in [6.45, 7) is 2.03. The lowest BCUT2D eigenvalue weighted by Gasteiger charge is -2.07. The van der Waals surface area contributed by atoms with Gasteiger partial charge in [0.2, 0.25) is 0 Å². The molecule has 0 aliphatic rings. The summed E-state index contributed by atoms with van der Waals surface area (Å²) in [6.07, 6.45) is 1.15. The molecule has 3 aromatic rings. The Balaban J connectivity index is 1.80. The second-order valence-electron chi connectivity index (χ2n) is 6.48. The highest BCUT2D eigenvalue weighted by atomic mass is 19.3. The predicted molar refractivity (Wildman–Crippen MR) is 106 cm³/mol. The fraction of sp³-hybridized carbons (Fsp3) is 0.250. The number of nitrogens with zero attached hydrogens (tertiary/aromatic N) is 4. The average Bonchev–Trinajstić information content (AvgIpc) is 3.06. The zero-order valence-electron chi connectivity index (χ0n) is 15.9. The first-order chi connectivity index (χ1) is 13.9. The molecule has 0 aliphatic carbocycles. The molecular weight excluding hydrogens is 380 g/mol. The molecule has 3 rings (SSSR count). The number of nitrogens with two attached hydrogens (primary N) is 1. The number of hydrogen-bond donors (Lipinski definition) is 1. The summed E-state index contributed by atoms with van der Waals surface area (Å²) in [7, 11) is 0. The van der Waals surface area contributed by atoms with Crippen LogP contribution in [0.1, 0.15) is 12.5 Å². The molecule has 7 nitrogen and oxygen atoms in total. The Morgan fingerprint density at radius 1 is 1.10 bits per heavy atom. The molecule has 0 radical (unpaired) electrons. The molecule has 0 atom stereocenters. The third-order valence-electron chi connectivity index (χ3n) is 4.63. The van der Waals surface area contributed by atoms with Gasteiger partial charge in [0.05, 0.1) is 13.1 Å². The van der Waals surface area contributed by atoms with Gasteiger partial charge in [0.25, 0.3) is 11.6 Å². The van der Waals surface area contributed by atoms with Gasteiger partial charge in [-0.1, -0.05) is 24.3 Å². The Morgan fingerprint density at radius 3 is 2.45 bits per heavy atom. The molecule has 0 fully saturated rings. The maximum atomic E-state index is 12.8. The molecule has 0 bridgehead atoms. The lowest BCUT2D eigenvalue weighted by molar-refractivity contribution is 0.400. The summed E-state index contributed by atoms with van der Waals surface area (Å²) in [5, 5.41) is 3.88. The molecule has 1 aromatic carbocycles. The first kappa shape index (κ1) is 20.4. The predicted octanol–water partition coefficient (Wildman–Crippen LogP) is 2.05. The smallest absolute Gasteiger partial charge is 0.327 e. The van der Waals surface area contributed by atoms with Crippen molar-refractivity contribution in [2.24, 2.45) is 5.73 Å². The summed E-state index contributed by atoms with van der Waals surface area (Å²) in [6, 6.07) is 10.9. The van der Waals surface area contributed by atoms with E-state index in [0.29, 0.717) is 12.1 Å². The van der Waals surface area contributed by atoms with E-state index in [2.05, 4.69) is 5.10 Å². The number of halogens is 2. The van der Waals surface area contributed by atoms with Crippen LogP contribution in [0.15, 0.2) is 70.2 Å². The lowest BCUT2D eigenvalue weighted by Crippen LogP contribution is -2.27. The van der Waals surface area contributed by atoms with E-state index in [1.54, 1.807) is 16.8 Å². The number of aromatic nitrogens is 4. The van der Waals surface area contributed by atoms with Crippen molar-refractivity contribution in [1.29, 1.82) is 0 Å². The number of aryl methyl sites for hydroxylation is 1. The van der Waals surface area contributed by atoms with E-state index >= 15 is 0 Å². The molecular formula is C20H21F2N5O2. The van der Waals surface area contributed by atoms with Crippen LogP contribution in [-0.4, -0.2) is 25.5 Å². The monoisotopic (exact) mass is 401 g/mol. The maximum absolute atomic E-state index is 12.8. The SMILES string of the molecule is CCn1cccc(-c2ccc(Cn3cnn(CC(CN)=C(F)F)c3=O)cc2)c1=O. The molecule has 9 heteroatoms. The lowest BCUT2D eigenvalue weighted by atomic mass is 10.1. The van der Waals surface area contributed by atoms with Gasteiger partial charge in [0.15, 0.2) is 0 Å². The fourth-order valence-corrected chi connectivity index (χ4v) is 2.96. The molecule has 0 aliphatic heterocycles. The molecule has 29 heavy (non-hydrogen) atoms. The maximum Gasteiger partial charge on any atom is 0.346 e. The summed E-state index contributed by atoms with van der Waals surface area (Å²) in [5.41, 5.74) is 6.57. The Bertz CT molecular complexity index is 1140. The van der Waals surface area contributed by atoms with Crippen molar-refractivity contribution in [3.05, 3.63) is 87.0 Å². The first-order valence-corrected chi connectivity index (χ1v) is 9.08. The van der Waals surface area contributed by atoms with Crippen LogP contribution in [0.25, 0.3) is 11.1 Å². The number of benzene rings is 1. The third kappa shape index (κ3) is 4.40. The van der Waals surface area contributed by atoms with E-state index in [1.165, 1.54) is 10.9 Å². The van der Waals surface area contributed by atoms with E-state index < -0.39 is 11.8 Å². The molecule has 0 unspecified atom stereocenters. The van der Waals surface area contributed by atoms with Gasteiger partial charge in [-0.05, 0) is 30.2 Å². The zero-order chi connectivity index (χ0) is 21.0. The van der Waals surface area contributed by atoms with Gasteiger partial charge in [-0.15, -0.1) is 0 Å². The molecule has 152 valence electrons. The molecule has 0 saturated heterocycles. The zero-order valence-corrected chi connectivity index (χ0v) is 15.9. The van der Waals surface area contributed by atoms with Crippen molar-refractivity contribution in [3.8, 4) is 11.1 Å². The Morgan fingerprint density at radius 2 is 1.83 bits per heavy atom. The largest absolute Gasteiger partial charge is 0.346 e. The summed E-state index contributed by atoms with van der Waals surface area (Å²) >= 11 is 0. The molecule has 0 amide bonds. The number of rotatable bonds is 7. The second-order valence-corrected chi connectivity index (χ2v) is 6.48. The van der Waals surface area contributed by atoms with Crippen LogP contribution in [0.2, 0.25) is 0 Å². The Hall–Kier alpha value is -3.33. The quantitative estimate of drug-likeness (QED) is 0.656. The van der Waals surface area contributed by atoms with Crippen LogP contribution in [0.5, 0.6) is 0 Å². The molecule has 2 heterocycles. The molecule has 2 aromatic heterocycles. The number of pyridine rings is 1. The average molecular weight is 401 g/mol. The minimum absolute atomic E-state index is 0.0656. The minimum atomic E-state index is -1.90. The van der Waals surface area contributed by atoms with Gasteiger partial charge < -0.3 is 10.3 Å². The van der Waals surface area contributed by atoms with Gasteiger partial charge >= 0.3 is 5.69 Å². The van der Waals surface area contributed by atoms with E-state index in [4.69, 9.17) is 5.73 Å². The summed E-state index contributed by atoms with van der Waals surface area (Å²) in [4.78, 5) is 24.8. The van der Waals surface area contributed by atoms with Crippen molar-refractivity contribution >= 4 is 0 Å². The third-order valence-corrected chi connectivity index (χ3v) is 4.63. The minimum Gasteiger partial charge on any atom is -0.327 e. The molecule has 2 N–H and O–H groups in total.